The van der Waals surface area contributed by atoms with Crippen LogP contribution in [0.5, 0.6) is 5.75 Å². The van der Waals surface area contributed by atoms with Gasteiger partial charge in [-0.3, -0.25) is 9.35 Å². The lowest BCUT2D eigenvalue weighted by molar-refractivity contribution is 0.0696. The van der Waals surface area contributed by atoms with Crippen molar-refractivity contribution in [2.45, 2.75) is 4.90 Å². The number of carboxylic acids is 1. The van der Waals surface area contributed by atoms with Gasteiger partial charge in [0.15, 0.2) is 5.43 Å². The van der Waals surface area contributed by atoms with E-state index in [1.165, 1.54) is 48.5 Å². The SMILES string of the molecule is O=C(O)c1ccc(-c2c3ccc(=O)cc-3oc3cc(O)ccc23)c(S(=O)(=O)O)c1. The van der Waals surface area contributed by atoms with E-state index < -0.39 is 21.0 Å². The van der Waals surface area contributed by atoms with Gasteiger partial charge in [-0.2, -0.15) is 8.42 Å². The lowest BCUT2D eigenvalue weighted by atomic mass is 9.93. The molecule has 0 aromatic heterocycles. The number of phenols is 1. The van der Waals surface area contributed by atoms with Crippen LogP contribution in [0.2, 0.25) is 0 Å². The number of hydrogen-bond donors (Lipinski definition) is 3. The fourth-order valence-electron chi connectivity index (χ4n) is 3.22. The van der Waals surface area contributed by atoms with E-state index >= 15 is 0 Å². The topological polar surface area (TPSA) is 142 Å². The third-order valence-electron chi connectivity index (χ3n) is 4.45. The van der Waals surface area contributed by atoms with E-state index in [0.717, 1.165) is 6.07 Å². The smallest absolute Gasteiger partial charge is 0.335 e. The van der Waals surface area contributed by atoms with Gasteiger partial charge in [-0.05, 0) is 36.4 Å². The van der Waals surface area contributed by atoms with Crippen LogP contribution >= 0.6 is 0 Å². The highest BCUT2D eigenvalue weighted by atomic mass is 32.2. The number of hydrogen-bond acceptors (Lipinski definition) is 6. The summed E-state index contributed by atoms with van der Waals surface area (Å²) < 4.78 is 39.5. The van der Waals surface area contributed by atoms with E-state index in [4.69, 9.17) is 4.42 Å². The second kappa shape index (κ2) is 6.43. The van der Waals surface area contributed by atoms with Gasteiger partial charge in [0.25, 0.3) is 10.1 Å². The van der Waals surface area contributed by atoms with Gasteiger partial charge in [0.05, 0.1) is 5.56 Å². The first kappa shape index (κ1) is 18.7. The van der Waals surface area contributed by atoms with Crippen molar-refractivity contribution in [3.05, 3.63) is 70.4 Å². The lowest BCUT2D eigenvalue weighted by Gasteiger charge is -2.17. The minimum Gasteiger partial charge on any atom is -0.508 e. The van der Waals surface area contributed by atoms with Crippen LogP contribution in [-0.2, 0) is 10.1 Å². The first-order valence-corrected chi connectivity index (χ1v) is 9.64. The average Bonchev–Trinajstić information content (AvgIpc) is 2.64. The molecular weight excluding hydrogens is 400 g/mol. The van der Waals surface area contributed by atoms with Gasteiger partial charge in [0, 0.05) is 34.2 Å². The Morgan fingerprint density at radius 3 is 2.34 bits per heavy atom. The maximum Gasteiger partial charge on any atom is 0.335 e. The summed E-state index contributed by atoms with van der Waals surface area (Å²) in [6.45, 7) is 0. The van der Waals surface area contributed by atoms with Crippen molar-refractivity contribution >= 4 is 27.1 Å². The zero-order valence-electron chi connectivity index (χ0n) is 14.5. The highest BCUT2D eigenvalue weighted by Crippen LogP contribution is 2.42. The third kappa shape index (κ3) is 3.22. The van der Waals surface area contributed by atoms with Gasteiger partial charge in [-0.15, -0.1) is 0 Å². The van der Waals surface area contributed by atoms with Crippen molar-refractivity contribution in [2.75, 3.05) is 0 Å². The zero-order chi connectivity index (χ0) is 20.9. The highest BCUT2D eigenvalue weighted by molar-refractivity contribution is 7.86. The molecule has 8 nitrogen and oxygen atoms in total. The molecule has 0 atom stereocenters. The van der Waals surface area contributed by atoms with Crippen molar-refractivity contribution in [1.29, 1.82) is 0 Å². The molecule has 4 rings (SSSR count). The van der Waals surface area contributed by atoms with Crippen LogP contribution in [0.15, 0.2) is 68.7 Å². The Balaban J connectivity index is 2.21. The molecule has 0 bridgehead atoms. The summed E-state index contributed by atoms with van der Waals surface area (Å²) in [7, 11) is -4.80. The quantitative estimate of drug-likeness (QED) is 0.344. The Bertz CT molecular complexity index is 1430. The number of fused-ring (bicyclic) bond motifs is 2. The van der Waals surface area contributed by atoms with Gasteiger partial charge in [0.2, 0.25) is 0 Å². The van der Waals surface area contributed by atoms with Crippen LogP contribution in [0.25, 0.3) is 33.4 Å². The highest BCUT2D eigenvalue weighted by Gasteiger charge is 2.25. The van der Waals surface area contributed by atoms with E-state index in [1.54, 1.807) is 0 Å². The largest absolute Gasteiger partial charge is 0.508 e. The van der Waals surface area contributed by atoms with Crippen LogP contribution in [0.3, 0.4) is 0 Å². The van der Waals surface area contributed by atoms with Crippen molar-refractivity contribution in [2.24, 2.45) is 0 Å². The van der Waals surface area contributed by atoms with E-state index in [9.17, 15) is 32.8 Å². The normalized spacial score (nSPS) is 11.8. The molecule has 2 aliphatic rings. The Hall–Kier alpha value is -3.69. The minimum absolute atomic E-state index is 0.0210. The first-order chi connectivity index (χ1) is 13.6. The maximum absolute atomic E-state index is 12.0. The number of carboxylic acid groups (broad SMARTS) is 1. The van der Waals surface area contributed by atoms with E-state index in [2.05, 4.69) is 0 Å². The Morgan fingerprint density at radius 1 is 0.931 bits per heavy atom. The van der Waals surface area contributed by atoms with E-state index in [0.29, 0.717) is 16.5 Å². The molecule has 1 heterocycles. The molecule has 9 heteroatoms. The van der Waals surface area contributed by atoms with Gasteiger partial charge in [0.1, 0.15) is 22.0 Å². The first-order valence-electron chi connectivity index (χ1n) is 8.20. The molecule has 2 aromatic rings. The summed E-state index contributed by atoms with van der Waals surface area (Å²) in [4.78, 5) is 22.4. The van der Waals surface area contributed by atoms with Crippen LogP contribution in [0.4, 0.5) is 0 Å². The Morgan fingerprint density at radius 2 is 1.66 bits per heavy atom. The summed E-state index contributed by atoms with van der Waals surface area (Å²) >= 11 is 0. The van der Waals surface area contributed by atoms with E-state index in [1.807, 2.05) is 0 Å². The third-order valence-corrected chi connectivity index (χ3v) is 5.35. The summed E-state index contributed by atoms with van der Waals surface area (Å²) in [6, 6.07) is 11.4. The monoisotopic (exact) mass is 412 g/mol. The fourth-order valence-corrected chi connectivity index (χ4v) is 3.95. The number of aromatic carboxylic acids is 1. The number of carbonyl (C=O) groups is 1. The van der Waals surface area contributed by atoms with Crippen LogP contribution in [-0.4, -0.2) is 29.2 Å². The van der Waals surface area contributed by atoms with Crippen LogP contribution in [0.1, 0.15) is 10.4 Å². The standard InChI is InChI=1S/C20H12O8S/c21-11-2-5-13-16(8-11)28-17-9-12(22)3-6-14(17)19(13)15-4-1-10(20(23)24)7-18(15)29(25,26)27/h1-9,21H,(H,23,24)(H,25,26,27). The predicted molar refractivity (Wildman–Crippen MR) is 103 cm³/mol. The molecule has 146 valence electrons. The summed E-state index contributed by atoms with van der Waals surface area (Å²) in [5, 5.41) is 19.4. The molecule has 0 fully saturated rings. The van der Waals surface area contributed by atoms with Crippen molar-refractivity contribution < 1.29 is 32.4 Å². The van der Waals surface area contributed by atoms with Crippen molar-refractivity contribution in [3.63, 3.8) is 0 Å². The zero-order valence-corrected chi connectivity index (χ0v) is 15.3. The molecule has 0 spiro atoms. The summed E-state index contributed by atoms with van der Waals surface area (Å²) in [5.74, 6) is -1.34. The second-order valence-corrected chi connectivity index (χ2v) is 7.70. The Labute approximate surface area is 163 Å². The predicted octanol–water partition coefficient (Wildman–Crippen LogP) is 3.22. The van der Waals surface area contributed by atoms with Gasteiger partial charge in [-0.25, -0.2) is 4.79 Å². The molecule has 0 amide bonds. The lowest BCUT2D eigenvalue weighted by Crippen LogP contribution is -2.06. The summed E-state index contributed by atoms with van der Waals surface area (Å²) in [5.41, 5.74) is 0.189. The van der Waals surface area contributed by atoms with E-state index in [-0.39, 0.29) is 33.6 Å². The number of aromatic hydroxyl groups is 1. The molecule has 0 saturated carbocycles. The maximum atomic E-state index is 12.0. The molecule has 2 aromatic carbocycles. The number of phenolic OH excluding ortho intramolecular Hbond substituents is 1. The second-order valence-electron chi connectivity index (χ2n) is 6.31. The molecule has 0 unspecified atom stereocenters. The minimum atomic E-state index is -4.80. The molecule has 0 radical (unpaired) electrons. The van der Waals surface area contributed by atoms with Gasteiger partial charge in [-0.1, -0.05) is 6.07 Å². The fraction of sp³-hybridized carbons (Fsp3) is 0. The molecule has 1 aliphatic heterocycles. The number of benzene rings is 3. The van der Waals surface area contributed by atoms with Crippen LogP contribution in [0, 0.1) is 0 Å². The van der Waals surface area contributed by atoms with Gasteiger partial charge < -0.3 is 14.6 Å². The van der Waals surface area contributed by atoms with Gasteiger partial charge >= 0.3 is 5.97 Å². The molecule has 29 heavy (non-hydrogen) atoms. The molecule has 1 aliphatic carbocycles. The number of rotatable bonds is 3. The van der Waals surface area contributed by atoms with Crippen molar-refractivity contribution in [3.8, 4) is 28.2 Å². The molecule has 3 N–H and O–H groups in total. The summed E-state index contributed by atoms with van der Waals surface area (Å²) in [6.07, 6.45) is 0. The Kier molecular flexibility index (Phi) is 4.14. The molecular formula is C20H12O8S. The molecule has 0 saturated heterocycles. The van der Waals surface area contributed by atoms with Crippen molar-refractivity contribution in [1.82, 2.24) is 0 Å². The average molecular weight is 412 g/mol. The van der Waals surface area contributed by atoms with Crippen LogP contribution < -0.4 is 5.43 Å².